The van der Waals surface area contributed by atoms with E-state index in [-0.39, 0.29) is 0 Å². The van der Waals surface area contributed by atoms with Crippen molar-refractivity contribution in [2.45, 2.75) is 13.0 Å². The molecule has 1 unspecified atom stereocenters. The van der Waals surface area contributed by atoms with Crippen molar-refractivity contribution in [1.82, 2.24) is 0 Å². The van der Waals surface area contributed by atoms with Gasteiger partial charge in [-0.3, -0.25) is 0 Å². The van der Waals surface area contributed by atoms with Crippen LogP contribution in [0.3, 0.4) is 0 Å². The van der Waals surface area contributed by atoms with E-state index in [1.807, 2.05) is 13.0 Å². The molecule has 1 aromatic heterocycles. The van der Waals surface area contributed by atoms with Gasteiger partial charge in [0.2, 0.25) is 0 Å². The summed E-state index contributed by atoms with van der Waals surface area (Å²) in [7, 11) is 0. The van der Waals surface area contributed by atoms with Gasteiger partial charge < -0.3 is 5.73 Å². The molecule has 0 spiro atoms. The highest BCUT2D eigenvalue weighted by Gasteiger charge is 2.17. The van der Waals surface area contributed by atoms with Crippen molar-refractivity contribution in [3.63, 3.8) is 0 Å². The van der Waals surface area contributed by atoms with Gasteiger partial charge in [-0.15, -0.1) is 11.3 Å². The lowest BCUT2D eigenvalue weighted by molar-refractivity contribution is 0.601. The van der Waals surface area contributed by atoms with Gasteiger partial charge in [0.05, 0.1) is 10.4 Å². The highest BCUT2D eigenvalue weighted by Crippen LogP contribution is 2.34. The van der Waals surface area contributed by atoms with Crippen molar-refractivity contribution < 1.29 is 4.39 Å². The number of benzene rings is 1. The van der Waals surface area contributed by atoms with Crippen LogP contribution < -0.4 is 5.73 Å². The molecule has 0 bridgehead atoms. The molecular weight excluding hydrogens is 280 g/mol. The fourth-order valence-corrected chi connectivity index (χ4v) is 2.94. The summed E-state index contributed by atoms with van der Waals surface area (Å²) >= 11 is 13.0. The van der Waals surface area contributed by atoms with Crippen LogP contribution in [0.5, 0.6) is 0 Å². The topological polar surface area (TPSA) is 26.0 Å². The maximum absolute atomic E-state index is 13.7. The van der Waals surface area contributed by atoms with E-state index in [1.54, 1.807) is 12.1 Å². The molecule has 0 fully saturated rings. The first-order valence-electron chi connectivity index (χ1n) is 4.95. The highest BCUT2D eigenvalue weighted by molar-refractivity contribution is 7.16. The summed E-state index contributed by atoms with van der Waals surface area (Å²) in [6, 6.07) is 5.86. The van der Waals surface area contributed by atoms with E-state index in [1.165, 1.54) is 17.4 Å². The molecule has 0 saturated carbocycles. The van der Waals surface area contributed by atoms with Crippen molar-refractivity contribution in [3.8, 4) is 0 Å². The molecule has 1 heterocycles. The monoisotopic (exact) mass is 289 g/mol. The third-order valence-corrected chi connectivity index (χ3v) is 4.35. The first-order chi connectivity index (χ1) is 7.99. The van der Waals surface area contributed by atoms with Crippen molar-refractivity contribution in [2.75, 3.05) is 0 Å². The predicted molar refractivity (Wildman–Crippen MR) is 71.5 cm³/mol. The number of nitrogens with two attached hydrogens (primary N) is 1. The second-order valence-electron chi connectivity index (χ2n) is 3.75. The number of aryl methyl sites for hydroxylation is 1. The molecular formula is C12H10Cl2FNS. The van der Waals surface area contributed by atoms with Crippen LogP contribution in [0.4, 0.5) is 4.39 Å². The van der Waals surface area contributed by atoms with Crippen molar-refractivity contribution in [3.05, 3.63) is 55.4 Å². The molecule has 2 aromatic rings. The van der Waals surface area contributed by atoms with Crippen LogP contribution in [0.15, 0.2) is 24.3 Å². The Balaban J connectivity index is 2.39. The molecule has 5 heteroatoms. The van der Waals surface area contributed by atoms with Crippen molar-refractivity contribution in [2.24, 2.45) is 5.73 Å². The zero-order valence-electron chi connectivity index (χ0n) is 9.01. The van der Waals surface area contributed by atoms with Crippen molar-refractivity contribution in [1.29, 1.82) is 0 Å². The maximum Gasteiger partial charge on any atom is 0.129 e. The minimum absolute atomic E-state index is 0.360. The summed E-state index contributed by atoms with van der Waals surface area (Å²) in [5.41, 5.74) is 7.40. The molecule has 0 aliphatic heterocycles. The lowest BCUT2D eigenvalue weighted by atomic mass is 10.1. The molecule has 0 aliphatic carbocycles. The number of thiophene rings is 1. The summed E-state index contributed by atoms with van der Waals surface area (Å²) < 4.78 is 14.4. The van der Waals surface area contributed by atoms with E-state index < -0.39 is 11.9 Å². The zero-order chi connectivity index (χ0) is 12.6. The minimum atomic E-state index is -0.511. The highest BCUT2D eigenvalue weighted by atomic mass is 35.5. The predicted octanol–water partition coefficient (Wildman–Crippen LogP) is 4.55. The van der Waals surface area contributed by atoms with Gasteiger partial charge in [0.1, 0.15) is 5.82 Å². The van der Waals surface area contributed by atoms with Crippen LogP contribution >= 0.6 is 34.5 Å². The molecule has 0 amide bonds. The van der Waals surface area contributed by atoms with Gasteiger partial charge in [-0.05, 0) is 30.7 Å². The quantitative estimate of drug-likeness (QED) is 0.862. The zero-order valence-corrected chi connectivity index (χ0v) is 11.3. The Morgan fingerprint density at radius 3 is 2.53 bits per heavy atom. The Labute approximate surface area is 113 Å². The van der Waals surface area contributed by atoms with E-state index >= 15 is 0 Å². The minimum Gasteiger partial charge on any atom is -0.320 e. The lowest BCUT2D eigenvalue weighted by Gasteiger charge is -2.11. The fraction of sp³-hybridized carbons (Fsp3) is 0.167. The number of halogens is 3. The number of rotatable bonds is 2. The van der Waals surface area contributed by atoms with E-state index in [0.29, 0.717) is 14.9 Å². The summed E-state index contributed by atoms with van der Waals surface area (Å²) in [5, 5.41) is 0.360. The molecule has 0 saturated heterocycles. The standard InChI is InChI=1S/C12H10Cl2FNS/c1-6-4-10(17-12(6)14)11(16)8-3-2-7(13)5-9(8)15/h2-5,11H,16H2,1H3. The Morgan fingerprint density at radius 1 is 1.29 bits per heavy atom. The molecule has 1 atom stereocenters. The average molecular weight is 290 g/mol. The summed E-state index contributed by atoms with van der Waals surface area (Å²) in [6.07, 6.45) is 0. The molecule has 17 heavy (non-hydrogen) atoms. The van der Waals surface area contributed by atoms with Crippen LogP contribution in [-0.2, 0) is 0 Å². The van der Waals surface area contributed by atoms with Crippen LogP contribution in [-0.4, -0.2) is 0 Å². The summed E-state index contributed by atoms with van der Waals surface area (Å²) in [6.45, 7) is 1.90. The maximum atomic E-state index is 13.7. The number of hydrogen-bond acceptors (Lipinski definition) is 2. The molecule has 0 aliphatic rings. The molecule has 2 rings (SSSR count). The first kappa shape index (κ1) is 12.8. The van der Waals surface area contributed by atoms with E-state index in [0.717, 1.165) is 10.4 Å². The van der Waals surface area contributed by atoms with E-state index in [4.69, 9.17) is 28.9 Å². The Bertz CT molecular complexity index is 534. The Morgan fingerprint density at radius 2 is 2.00 bits per heavy atom. The van der Waals surface area contributed by atoms with E-state index in [2.05, 4.69) is 0 Å². The van der Waals surface area contributed by atoms with Gasteiger partial charge in [-0.2, -0.15) is 0 Å². The fourth-order valence-electron chi connectivity index (χ4n) is 1.54. The molecule has 90 valence electrons. The second-order valence-corrected chi connectivity index (χ2v) is 5.87. The van der Waals surface area contributed by atoms with Gasteiger partial charge in [0.15, 0.2) is 0 Å². The second kappa shape index (κ2) is 4.94. The summed E-state index contributed by atoms with van der Waals surface area (Å²) in [5.74, 6) is -0.396. The van der Waals surface area contributed by atoms with Gasteiger partial charge in [-0.25, -0.2) is 4.39 Å². The van der Waals surface area contributed by atoms with Gasteiger partial charge in [0, 0.05) is 15.5 Å². The molecule has 1 nitrogen and oxygen atoms in total. The summed E-state index contributed by atoms with van der Waals surface area (Å²) in [4.78, 5) is 0.841. The number of hydrogen-bond donors (Lipinski definition) is 1. The van der Waals surface area contributed by atoms with Crippen LogP contribution in [0.2, 0.25) is 9.36 Å². The molecule has 0 radical (unpaired) electrons. The third-order valence-electron chi connectivity index (χ3n) is 2.48. The largest absolute Gasteiger partial charge is 0.320 e. The average Bonchev–Trinajstić information content (AvgIpc) is 2.58. The van der Waals surface area contributed by atoms with Gasteiger partial charge >= 0.3 is 0 Å². The third kappa shape index (κ3) is 2.63. The van der Waals surface area contributed by atoms with Crippen molar-refractivity contribution >= 4 is 34.5 Å². The van der Waals surface area contributed by atoms with Gasteiger partial charge in [-0.1, -0.05) is 29.3 Å². The van der Waals surface area contributed by atoms with Crippen LogP contribution in [0, 0.1) is 12.7 Å². The first-order valence-corrected chi connectivity index (χ1v) is 6.52. The van der Waals surface area contributed by atoms with Crippen LogP contribution in [0.1, 0.15) is 22.0 Å². The Hall–Kier alpha value is -0.610. The van der Waals surface area contributed by atoms with Gasteiger partial charge in [0.25, 0.3) is 0 Å². The van der Waals surface area contributed by atoms with Crippen LogP contribution in [0.25, 0.3) is 0 Å². The SMILES string of the molecule is Cc1cc(C(N)c2ccc(Cl)cc2F)sc1Cl. The lowest BCUT2D eigenvalue weighted by Crippen LogP contribution is -2.12. The molecule has 2 N–H and O–H groups in total. The normalized spacial score (nSPS) is 12.8. The smallest absolute Gasteiger partial charge is 0.129 e. The van der Waals surface area contributed by atoms with E-state index in [9.17, 15) is 4.39 Å². The molecule has 1 aromatic carbocycles. The Kier molecular flexibility index (Phi) is 3.73.